The Morgan fingerprint density at radius 3 is 1.63 bits per heavy atom. The number of hydrogen-bond donors (Lipinski definition) is 7. The molecule has 8 N–H and O–H groups in total. The molecule has 0 saturated carbocycles. The van der Waals surface area contributed by atoms with E-state index in [0.29, 0.717) is 63.8 Å². The number of thiazole rings is 2. The Labute approximate surface area is 390 Å². The minimum Gasteiger partial charge on any atom is -0.477 e. The van der Waals surface area contributed by atoms with Crippen LogP contribution in [0, 0.1) is 0 Å². The number of aromatic nitrogens is 2. The van der Waals surface area contributed by atoms with Crippen LogP contribution in [0.4, 0.5) is 44.4 Å². The fraction of sp³-hybridized carbons (Fsp3) is 0.286. The van der Waals surface area contributed by atoms with Gasteiger partial charge in [-0.25, -0.2) is 32.7 Å². The zero-order valence-electron chi connectivity index (χ0n) is 35.1. The van der Waals surface area contributed by atoms with E-state index in [2.05, 4.69) is 45.8 Å². The van der Waals surface area contributed by atoms with E-state index in [-0.39, 0.29) is 34.5 Å². The Balaban J connectivity index is 0.000000195. The second-order valence-electron chi connectivity index (χ2n) is 14.9. The van der Waals surface area contributed by atoms with Gasteiger partial charge in [0, 0.05) is 49.0 Å². The predicted octanol–water partition coefficient (Wildman–Crippen LogP) is 7.33. The van der Waals surface area contributed by atoms with Crippen molar-refractivity contribution in [3.8, 4) is 0 Å². The molecule has 2 aromatic carbocycles. The van der Waals surface area contributed by atoms with Crippen molar-refractivity contribution in [3.63, 3.8) is 0 Å². The van der Waals surface area contributed by atoms with Crippen LogP contribution in [0.15, 0.2) is 82.2 Å². The first-order valence-corrected chi connectivity index (χ1v) is 25.6. The summed E-state index contributed by atoms with van der Waals surface area (Å²) in [5, 5.41) is 28.9. The lowest BCUT2D eigenvalue weighted by Gasteiger charge is -2.34. The predicted molar refractivity (Wildman–Crippen MR) is 259 cm³/mol. The van der Waals surface area contributed by atoms with Crippen LogP contribution in [0.25, 0.3) is 0 Å². The number of nitrogens with zero attached hydrogens (tertiary/aromatic N) is 4. The van der Waals surface area contributed by atoms with Crippen LogP contribution in [-0.2, 0) is 14.8 Å². The number of anilines is 8. The molecule has 6 heterocycles. The minimum atomic E-state index is -3.25. The molecule has 23 heteroatoms. The highest BCUT2D eigenvalue weighted by Gasteiger charge is 2.25. The minimum absolute atomic E-state index is 0.0983. The number of nitrogens with one attached hydrogen (secondary N) is 5. The molecule has 342 valence electrons. The van der Waals surface area contributed by atoms with Gasteiger partial charge in [0.05, 0.1) is 47.5 Å². The van der Waals surface area contributed by atoms with Crippen molar-refractivity contribution >= 4 is 124 Å². The second kappa shape index (κ2) is 21.4. The third kappa shape index (κ3) is 12.4. The number of carboxylic acids is 1. The van der Waals surface area contributed by atoms with Crippen molar-refractivity contribution in [1.29, 1.82) is 0 Å². The zero-order valence-corrected chi connectivity index (χ0v) is 39.2. The quantitative estimate of drug-likeness (QED) is 0.0528. The number of aromatic carboxylic acids is 1. The summed E-state index contributed by atoms with van der Waals surface area (Å²) in [6.07, 6.45) is 4.35. The molecule has 8 rings (SSSR count). The van der Waals surface area contributed by atoms with Crippen molar-refractivity contribution in [2.45, 2.75) is 37.8 Å². The van der Waals surface area contributed by atoms with E-state index in [4.69, 9.17) is 10.5 Å². The number of nitrogens with two attached hydrogens (primary N) is 1. The van der Waals surface area contributed by atoms with Crippen molar-refractivity contribution in [2.24, 2.45) is 5.73 Å². The fourth-order valence-electron chi connectivity index (χ4n) is 7.10. The van der Waals surface area contributed by atoms with Crippen LogP contribution in [0.3, 0.4) is 0 Å². The van der Waals surface area contributed by atoms with Gasteiger partial charge in [-0.3, -0.25) is 9.59 Å². The van der Waals surface area contributed by atoms with Crippen molar-refractivity contribution < 1.29 is 37.4 Å². The molecular weight excluding hydrogens is 933 g/mol. The summed E-state index contributed by atoms with van der Waals surface area (Å²) in [5.74, 6) is -2.11. The number of benzene rings is 2. The number of esters is 1. The van der Waals surface area contributed by atoms with Gasteiger partial charge in [-0.2, -0.15) is 0 Å². The second-order valence-corrected chi connectivity index (χ2v) is 20.2. The summed E-state index contributed by atoms with van der Waals surface area (Å²) in [6.45, 7) is 3.03. The molecule has 2 amide bonds. The molecular formula is C42H46N10O8S5. The van der Waals surface area contributed by atoms with Gasteiger partial charge in [0.1, 0.15) is 21.1 Å². The standard InChI is InChI=1S/C21H23N5O5S3.C21H23N5O3S2/c1-34(30,31)25-13-6-9-26(10-7-13)17-5-3-2-4-14(17)22-19(27)16-12-33-21(24-16)23-15-8-11-32-18(15)20(28)29;1-29-20(28)18-15(8-11-30-18)24-21-25-16(12-31-21)19(27)23-14-4-2-3-5-17(14)26-9-6-13(22)7-10-26/h2-5,8,11-13,25H,6-7,9-10H2,1H3,(H,22,27)(H,23,24)(H,28,29);2-5,8,11-13H,6-7,9-10,22H2,1H3,(H,23,27)(H,24,25). The number of carbonyl (C=O) groups excluding carboxylic acids is 3. The summed E-state index contributed by atoms with van der Waals surface area (Å²) in [6, 6.07) is 18.8. The highest BCUT2D eigenvalue weighted by atomic mass is 32.2. The van der Waals surface area contributed by atoms with Crippen LogP contribution in [0.5, 0.6) is 0 Å². The first-order valence-electron chi connectivity index (χ1n) is 20.2. The number of thiophene rings is 2. The van der Waals surface area contributed by atoms with E-state index in [9.17, 15) is 32.7 Å². The summed E-state index contributed by atoms with van der Waals surface area (Å²) >= 11 is 4.88. The third-order valence-corrected chi connectivity index (χ3v) is 14.3. The molecule has 6 aromatic rings. The van der Waals surface area contributed by atoms with E-state index in [1.807, 2.05) is 48.5 Å². The summed E-state index contributed by atoms with van der Waals surface area (Å²) in [7, 11) is -1.91. The van der Waals surface area contributed by atoms with Crippen LogP contribution in [0.1, 0.15) is 66.0 Å². The maximum absolute atomic E-state index is 12.9. The van der Waals surface area contributed by atoms with Crippen LogP contribution in [-0.4, -0.2) is 98.9 Å². The molecule has 2 saturated heterocycles. The molecule has 0 unspecified atom stereocenters. The van der Waals surface area contributed by atoms with Crippen molar-refractivity contribution in [3.05, 3.63) is 103 Å². The first-order chi connectivity index (χ1) is 31.2. The number of hydrogen-bond acceptors (Lipinski definition) is 18. The zero-order chi connectivity index (χ0) is 46.1. The number of carbonyl (C=O) groups is 4. The largest absolute Gasteiger partial charge is 0.477 e. The lowest BCUT2D eigenvalue weighted by molar-refractivity contribution is 0.0606. The van der Waals surface area contributed by atoms with Crippen LogP contribution < -0.4 is 41.5 Å². The highest BCUT2D eigenvalue weighted by Crippen LogP contribution is 2.33. The maximum atomic E-state index is 12.9. The van der Waals surface area contributed by atoms with E-state index < -0.39 is 22.0 Å². The van der Waals surface area contributed by atoms with E-state index in [1.165, 1.54) is 41.1 Å². The van der Waals surface area contributed by atoms with Crippen LogP contribution >= 0.6 is 45.3 Å². The Bertz CT molecular complexity index is 2740. The number of para-hydroxylation sites is 4. The Morgan fingerprint density at radius 2 is 1.15 bits per heavy atom. The molecule has 0 spiro atoms. The first kappa shape index (κ1) is 47.0. The van der Waals surface area contributed by atoms with Gasteiger partial charge in [-0.15, -0.1) is 45.3 Å². The molecule has 2 aliphatic heterocycles. The topological polar surface area (TPSA) is 250 Å². The smallest absolute Gasteiger partial charge is 0.350 e. The van der Waals surface area contributed by atoms with E-state index in [0.717, 1.165) is 60.6 Å². The van der Waals surface area contributed by atoms with Crippen molar-refractivity contribution in [2.75, 3.05) is 70.6 Å². The van der Waals surface area contributed by atoms with Gasteiger partial charge in [0.15, 0.2) is 10.3 Å². The van der Waals surface area contributed by atoms with E-state index in [1.54, 1.807) is 33.7 Å². The molecule has 2 aliphatic rings. The highest BCUT2D eigenvalue weighted by molar-refractivity contribution is 7.88. The van der Waals surface area contributed by atoms with E-state index >= 15 is 0 Å². The molecule has 0 bridgehead atoms. The number of rotatable bonds is 14. The number of methoxy groups -OCH3 is 1. The van der Waals surface area contributed by atoms with Gasteiger partial charge in [0.2, 0.25) is 10.0 Å². The Hall–Kier alpha value is -5.95. The molecule has 0 atom stereocenters. The number of piperidine rings is 2. The molecule has 0 radical (unpaired) electrons. The van der Waals surface area contributed by atoms with Crippen molar-refractivity contribution in [1.82, 2.24) is 14.7 Å². The van der Waals surface area contributed by atoms with Gasteiger partial charge < -0.3 is 46.6 Å². The molecule has 65 heavy (non-hydrogen) atoms. The summed E-state index contributed by atoms with van der Waals surface area (Å²) in [5.41, 5.74) is 10.8. The summed E-state index contributed by atoms with van der Waals surface area (Å²) in [4.78, 5) is 62.5. The molecule has 2 fully saturated rings. The molecule has 18 nitrogen and oxygen atoms in total. The third-order valence-electron chi connectivity index (χ3n) is 10.3. The average molecular weight is 979 g/mol. The summed E-state index contributed by atoms with van der Waals surface area (Å²) < 4.78 is 30.4. The van der Waals surface area contributed by atoms with Gasteiger partial charge in [-0.05, 0) is 72.8 Å². The van der Waals surface area contributed by atoms with Gasteiger partial charge in [0.25, 0.3) is 11.8 Å². The van der Waals surface area contributed by atoms with Gasteiger partial charge in [-0.1, -0.05) is 24.3 Å². The fourth-order valence-corrected chi connectivity index (χ4v) is 10.8. The molecule has 4 aromatic heterocycles. The van der Waals surface area contributed by atoms with Gasteiger partial charge >= 0.3 is 11.9 Å². The normalized spacial score (nSPS) is 14.5. The average Bonchev–Trinajstić information content (AvgIpc) is 4.14. The number of amides is 2. The Morgan fingerprint density at radius 1 is 0.692 bits per heavy atom. The van der Waals surface area contributed by atoms with Crippen LogP contribution in [0.2, 0.25) is 0 Å². The lowest BCUT2D eigenvalue weighted by atomic mass is 10.0. The number of carboxylic acid groups (broad SMARTS) is 1. The lowest BCUT2D eigenvalue weighted by Crippen LogP contribution is -2.44. The number of ether oxygens (including phenoxy) is 1. The monoisotopic (exact) mass is 978 g/mol. The number of sulfonamides is 1. The maximum Gasteiger partial charge on any atom is 0.350 e. The SMILES string of the molecule is COC(=O)c1sccc1Nc1nc(C(=O)Nc2ccccc2N2CCC(N)CC2)cs1.CS(=O)(=O)NC1CCN(c2ccccc2NC(=O)c2csc(Nc3ccsc3C(=O)O)n2)CC1. The Kier molecular flexibility index (Phi) is 15.5. The molecule has 0 aliphatic carbocycles.